The van der Waals surface area contributed by atoms with Crippen molar-refractivity contribution in [2.45, 2.75) is 24.9 Å². The van der Waals surface area contributed by atoms with Crippen molar-refractivity contribution in [1.29, 1.82) is 0 Å². The van der Waals surface area contributed by atoms with Gasteiger partial charge in [0.15, 0.2) is 0 Å². The molecule has 5 atom stereocenters. The van der Waals surface area contributed by atoms with Gasteiger partial charge in [-0.25, -0.2) is 18.5 Å². The van der Waals surface area contributed by atoms with Crippen molar-refractivity contribution in [3.05, 3.63) is 33.1 Å². The molecule has 0 amide bonds. The zero-order chi connectivity index (χ0) is 21.3. The number of ether oxygens (including phenoxy) is 1. The van der Waals surface area contributed by atoms with E-state index >= 15 is 0 Å². The van der Waals surface area contributed by atoms with Gasteiger partial charge in [0.1, 0.15) is 12.3 Å². The molecule has 1 aromatic rings. The lowest BCUT2D eigenvalue weighted by atomic mass is 10.2. The minimum absolute atomic E-state index is 0.170. The van der Waals surface area contributed by atoms with E-state index in [-0.39, 0.29) is 6.42 Å². The Morgan fingerprint density at radius 3 is 2.36 bits per heavy atom. The molecule has 0 bridgehead atoms. The average molecular weight is 468 g/mol. The van der Waals surface area contributed by atoms with Crippen LogP contribution >= 0.6 is 23.5 Å². The summed E-state index contributed by atoms with van der Waals surface area (Å²) in [5.74, 6) is 0. The Kier molecular flexibility index (Phi) is 6.99. The van der Waals surface area contributed by atoms with Gasteiger partial charge in [-0.3, -0.25) is 18.9 Å². The number of aliphatic hydroxyl groups excluding tert-OH is 1. The number of H-pyrrole nitrogens is 1. The fourth-order valence-corrected chi connectivity index (χ4v) is 5.19. The Morgan fingerprint density at radius 2 is 1.79 bits per heavy atom. The first-order valence-electron chi connectivity index (χ1n) is 7.11. The van der Waals surface area contributed by atoms with Crippen molar-refractivity contribution in [2.75, 3.05) is 6.61 Å². The lowest BCUT2D eigenvalue weighted by molar-refractivity contribution is -0.0450. The molecule has 19 heteroatoms. The lowest BCUT2D eigenvalue weighted by Gasteiger charge is -2.19. The SMILES string of the molecule is O=c1ccn([C@@H]2C[C@@H](O)[C@H](COP(=O)(O)OP(=O)(O)OP(=O)(O)O)O2)c(=O)[nH]1. The Labute approximate surface area is 154 Å². The third-order valence-electron chi connectivity index (χ3n) is 3.18. The number of phosphoric ester groups is 1. The van der Waals surface area contributed by atoms with Gasteiger partial charge in [0.25, 0.3) is 5.56 Å². The van der Waals surface area contributed by atoms with Gasteiger partial charge >= 0.3 is 29.2 Å². The number of nitrogens with one attached hydrogen (secondary N) is 1. The van der Waals surface area contributed by atoms with Crippen LogP contribution in [0.2, 0.25) is 0 Å². The maximum Gasteiger partial charge on any atom is 0.490 e. The molecule has 2 unspecified atom stereocenters. The number of hydrogen-bond donors (Lipinski definition) is 6. The first-order chi connectivity index (χ1) is 12.7. The van der Waals surface area contributed by atoms with E-state index in [9.17, 15) is 33.3 Å². The van der Waals surface area contributed by atoms with E-state index in [0.29, 0.717) is 0 Å². The van der Waals surface area contributed by atoms with Gasteiger partial charge in [-0.2, -0.15) is 8.62 Å². The largest absolute Gasteiger partial charge is 0.490 e. The van der Waals surface area contributed by atoms with Gasteiger partial charge in [-0.15, -0.1) is 0 Å². The number of rotatable bonds is 8. The van der Waals surface area contributed by atoms with Crippen molar-refractivity contribution in [1.82, 2.24) is 9.55 Å². The molecule has 1 aliphatic heterocycles. The fourth-order valence-electron chi connectivity index (χ4n) is 2.16. The zero-order valence-electron chi connectivity index (χ0n) is 13.5. The van der Waals surface area contributed by atoms with E-state index in [0.717, 1.165) is 16.8 Å². The normalized spacial score (nSPS) is 27.2. The molecule has 0 aliphatic carbocycles. The molecule has 0 radical (unpaired) electrons. The lowest BCUT2D eigenvalue weighted by Crippen LogP contribution is -2.31. The topological polar surface area (TPSA) is 244 Å². The van der Waals surface area contributed by atoms with Crippen LogP contribution in [0.15, 0.2) is 21.9 Å². The molecule has 0 saturated carbocycles. The van der Waals surface area contributed by atoms with Crippen LogP contribution in [0.5, 0.6) is 0 Å². The predicted octanol–water partition coefficient (Wildman–Crippen LogP) is -1.47. The Morgan fingerprint density at radius 1 is 1.14 bits per heavy atom. The fraction of sp³-hybridized carbons (Fsp3) is 0.556. The van der Waals surface area contributed by atoms with Crippen LogP contribution in [0.3, 0.4) is 0 Å². The summed E-state index contributed by atoms with van der Waals surface area (Å²) in [4.78, 5) is 60.0. The highest BCUT2D eigenvalue weighted by molar-refractivity contribution is 7.66. The van der Waals surface area contributed by atoms with Crippen molar-refractivity contribution < 1.29 is 56.3 Å². The molecular weight excluding hydrogens is 453 g/mol. The van der Waals surface area contributed by atoms with Crippen LogP contribution in [-0.4, -0.2) is 53.0 Å². The number of nitrogens with zero attached hydrogens (tertiary/aromatic N) is 1. The second-order valence-corrected chi connectivity index (χ2v) is 9.76. The van der Waals surface area contributed by atoms with Gasteiger partial charge in [-0.05, 0) is 0 Å². The minimum atomic E-state index is -5.67. The van der Waals surface area contributed by atoms with Gasteiger partial charge in [-0.1, -0.05) is 0 Å². The van der Waals surface area contributed by atoms with Crippen molar-refractivity contribution in [3.8, 4) is 0 Å². The summed E-state index contributed by atoms with van der Waals surface area (Å²) in [6.07, 6.45) is -2.74. The quantitative estimate of drug-likeness (QED) is 0.239. The van der Waals surface area contributed by atoms with Crippen molar-refractivity contribution in [3.63, 3.8) is 0 Å². The van der Waals surface area contributed by atoms with Gasteiger partial charge in [0.2, 0.25) is 0 Å². The van der Waals surface area contributed by atoms with Crippen LogP contribution < -0.4 is 11.2 Å². The summed E-state index contributed by atoms with van der Waals surface area (Å²) in [5, 5.41) is 9.91. The van der Waals surface area contributed by atoms with Gasteiger partial charge < -0.3 is 29.4 Å². The summed E-state index contributed by atoms with van der Waals surface area (Å²) in [7, 11) is -16.6. The molecule has 2 heterocycles. The molecule has 1 saturated heterocycles. The van der Waals surface area contributed by atoms with Crippen molar-refractivity contribution in [2.24, 2.45) is 0 Å². The minimum Gasteiger partial charge on any atom is -0.390 e. The third-order valence-corrected chi connectivity index (χ3v) is 6.99. The van der Waals surface area contributed by atoms with E-state index in [1.54, 1.807) is 0 Å². The van der Waals surface area contributed by atoms with Gasteiger partial charge in [0.05, 0.1) is 12.7 Å². The number of aromatic amines is 1. The standard InChI is InChI=1S/C9H15N2O14P3/c12-5-3-8(11-2-1-7(13)10-9(11)14)23-6(5)4-22-27(18,19)25-28(20,21)24-26(15,16)17/h1-2,5-6,8,12H,3-4H2,(H,18,19)(H,20,21)(H,10,13,14)(H2,15,16,17)/t5-,6+,8+/m1/s1. The second kappa shape index (κ2) is 8.40. The Hall–Kier alpha value is -0.990. The van der Waals surface area contributed by atoms with Crippen LogP contribution in [0.4, 0.5) is 0 Å². The molecule has 2 rings (SSSR count). The van der Waals surface area contributed by atoms with E-state index < -0.39 is 59.8 Å². The molecule has 1 aliphatic rings. The van der Waals surface area contributed by atoms with Crippen LogP contribution in [-0.2, 0) is 31.6 Å². The number of aromatic nitrogens is 2. The maximum atomic E-state index is 11.7. The maximum absolute atomic E-state index is 11.7. The second-order valence-electron chi connectivity index (χ2n) is 5.34. The first kappa shape index (κ1) is 23.3. The molecule has 16 nitrogen and oxygen atoms in total. The van der Waals surface area contributed by atoms with Crippen molar-refractivity contribution >= 4 is 23.5 Å². The highest BCUT2D eigenvalue weighted by Gasteiger charge is 2.42. The average Bonchev–Trinajstić information content (AvgIpc) is 2.82. The summed E-state index contributed by atoms with van der Waals surface area (Å²) in [6, 6.07) is 1.02. The monoisotopic (exact) mass is 468 g/mol. The van der Waals surface area contributed by atoms with E-state index in [2.05, 4.69) is 13.1 Å². The molecule has 1 aromatic heterocycles. The molecular formula is C9H15N2O14P3. The highest BCUT2D eigenvalue weighted by atomic mass is 31.3. The Bertz CT molecular complexity index is 965. The summed E-state index contributed by atoms with van der Waals surface area (Å²) >= 11 is 0. The first-order valence-corrected chi connectivity index (χ1v) is 11.6. The molecule has 160 valence electrons. The number of phosphoric acid groups is 3. The summed E-state index contributed by atoms with van der Waals surface area (Å²) in [6.45, 7) is -0.876. The zero-order valence-corrected chi connectivity index (χ0v) is 16.2. The van der Waals surface area contributed by atoms with Crippen LogP contribution in [0.1, 0.15) is 12.6 Å². The van der Waals surface area contributed by atoms with E-state index in [4.69, 9.17) is 19.4 Å². The van der Waals surface area contributed by atoms with E-state index in [1.807, 2.05) is 4.98 Å². The van der Waals surface area contributed by atoms with Crippen LogP contribution in [0, 0.1) is 0 Å². The van der Waals surface area contributed by atoms with Gasteiger partial charge in [0, 0.05) is 18.7 Å². The van der Waals surface area contributed by atoms with Crippen LogP contribution in [0.25, 0.3) is 0 Å². The molecule has 1 fully saturated rings. The molecule has 28 heavy (non-hydrogen) atoms. The smallest absolute Gasteiger partial charge is 0.390 e. The molecule has 0 aromatic carbocycles. The number of aliphatic hydroxyl groups is 1. The number of hydrogen-bond acceptors (Lipinski definition) is 10. The predicted molar refractivity (Wildman–Crippen MR) is 85.7 cm³/mol. The molecule has 0 spiro atoms. The molecule has 6 N–H and O–H groups in total. The van der Waals surface area contributed by atoms with E-state index in [1.165, 1.54) is 0 Å². The Balaban J connectivity index is 1.99. The summed E-state index contributed by atoms with van der Waals surface area (Å²) < 4.78 is 51.0. The highest BCUT2D eigenvalue weighted by Crippen LogP contribution is 2.66. The summed E-state index contributed by atoms with van der Waals surface area (Å²) in [5.41, 5.74) is -1.50. The third kappa shape index (κ3) is 6.81.